The summed E-state index contributed by atoms with van der Waals surface area (Å²) in [6.45, 7) is 0. The number of alkyl halides is 3. The van der Waals surface area contributed by atoms with Gasteiger partial charge in [0.15, 0.2) is 0 Å². The third-order valence-corrected chi connectivity index (χ3v) is 3.38. The molecule has 2 aromatic carbocycles. The molecule has 2 aromatic rings. The van der Waals surface area contributed by atoms with Gasteiger partial charge in [0, 0.05) is 11.1 Å². The van der Waals surface area contributed by atoms with Crippen LogP contribution in [0.25, 0.3) is 6.08 Å². The Hall–Kier alpha value is -1.98. The normalized spacial score (nSPS) is 11.7. The lowest BCUT2D eigenvalue weighted by molar-refractivity contribution is -0.137. The van der Waals surface area contributed by atoms with Crippen molar-refractivity contribution in [1.29, 1.82) is 0 Å². The number of nitrogens with one attached hydrogen (secondary N) is 1. The first-order valence-electron chi connectivity index (χ1n) is 6.37. The first-order valence-corrected chi connectivity index (χ1v) is 7.13. The molecule has 0 atom stereocenters. The van der Waals surface area contributed by atoms with Gasteiger partial charge in [0.25, 0.3) is 0 Å². The SMILES string of the molecule is O=C(/C=C/c1cccc(C(F)(F)F)c1)Nc1ccc(Cl)cc1Cl. The predicted octanol–water partition coefficient (Wildman–Crippen LogP) is 5.66. The first-order chi connectivity index (χ1) is 10.8. The van der Waals surface area contributed by atoms with Crippen LogP contribution >= 0.6 is 23.2 Å². The molecule has 2 rings (SSSR count). The fourth-order valence-electron chi connectivity index (χ4n) is 1.76. The second kappa shape index (κ2) is 7.06. The molecule has 2 nitrogen and oxygen atoms in total. The van der Waals surface area contributed by atoms with Crippen molar-refractivity contribution in [2.45, 2.75) is 6.18 Å². The predicted molar refractivity (Wildman–Crippen MR) is 85.6 cm³/mol. The number of benzene rings is 2. The average molecular weight is 360 g/mol. The maximum Gasteiger partial charge on any atom is 0.416 e. The Morgan fingerprint density at radius 2 is 1.83 bits per heavy atom. The van der Waals surface area contributed by atoms with Crippen molar-refractivity contribution in [3.8, 4) is 0 Å². The van der Waals surface area contributed by atoms with Crippen LogP contribution in [-0.4, -0.2) is 5.91 Å². The van der Waals surface area contributed by atoms with Crippen molar-refractivity contribution < 1.29 is 18.0 Å². The molecule has 120 valence electrons. The quantitative estimate of drug-likeness (QED) is 0.703. The maximum absolute atomic E-state index is 12.6. The van der Waals surface area contributed by atoms with E-state index >= 15 is 0 Å². The minimum Gasteiger partial charge on any atom is -0.321 e. The van der Waals surface area contributed by atoms with Gasteiger partial charge in [-0.05, 0) is 42.0 Å². The number of amides is 1. The van der Waals surface area contributed by atoms with Gasteiger partial charge in [0.2, 0.25) is 5.91 Å². The highest BCUT2D eigenvalue weighted by molar-refractivity contribution is 6.36. The van der Waals surface area contributed by atoms with Crippen molar-refractivity contribution in [1.82, 2.24) is 0 Å². The maximum atomic E-state index is 12.6. The van der Waals surface area contributed by atoms with Crippen LogP contribution in [-0.2, 0) is 11.0 Å². The van der Waals surface area contributed by atoms with E-state index in [-0.39, 0.29) is 10.6 Å². The van der Waals surface area contributed by atoms with Gasteiger partial charge < -0.3 is 5.32 Å². The monoisotopic (exact) mass is 359 g/mol. The van der Waals surface area contributed by atoms with Crippen LogP contribution in [0.15, 0.2) is 48.5 Å². The van der Waals surface area contributed by atoms with Crippen molar-refractivity contribution >= 4 is 40.9 Å². The molecular weight excluding hydrogens is 350 g/mol. The van der Waals surface area contributed by atoms with Gasteiger partial charge in [-0.2, -0.15) is 13.2 Å². The standard InChI is InChI=1S/C16H10Cl2F3NO/c17-12-5-6-14(13(18)9-12)22-15(23)7-4-10-2-1-3-11(8-10)16(19,20)21/h1-9H,(H,22,23)/b7-4+. The third-order valence-electron chi connectivity index (χ3n) is 2.83. The van der Waals surface area contributed by atoms with Gasteiger partial charge in [-0.25, -0.2) is 0 Å². The van der Waals surface area contributed by atoms with Crippen LogP contribution in [0.2, 0.25) is 10.0 Å². The minimum atomic E-state index is -4.43. The lowest BCUT2D eigenvalue weighted by Crippen LogP contribution is -2.08. The summed E-state index contributed by atoms with van der Waals surface area (Å²) in [6, 6.07) is 9.21. The molecule has 0 saturated heterocycles. The van der Waals surface area contributed by atoms with Gasteiger partial charge in [0.05, 0.1) is 16.3 Å². The summed E-state index contributed by atoms with van der Waals surface area (Å²) in [7, 11) is 0. The van der Waals surface area contributed by atoms with Gasteiger partial charge in [-0.15, -0.1) is 0 Å². The average Bonchev–Trinajstić information content (AvgIpc) is 2.47. The summed E-state index contributed by atoms with van der Waals surface area (Å²) < 4.78 is 37.8. The second-order valence-electron chi connectivity index (χ2n) is 4.57. The van der Waals surface area contributed by atoms with E-state index in [9.17, 15) is 18.0 Å². The number of hydrogen-bond donors (Lipinski definition) is 1. The number of anilines is 1. The molecule has 0 heterocycles. The lowest BCUT2D eigenvalue weighted by Gasteiger charge is -2.07. The van der Waals surface area contributed by atoms with Crippen molar-refractivity contribution in [2.24, 2.45) is 0 Å². The zero-order valence-corrected chi connectivity index (χ0v) is 13.0. The number of carbonyl (C=O) groups excluding carboxylic acids is 1. The second-order valence-corrected chi connectivity index (χ2v) is 5.41. The molecule has 0 spiro atoms. The molecule has 7 heteroatoms. The Balaban J connectivity index is 2.09. The summed E-state index contributed by atoms with van der Waals surface area (Å²) in [6.07, 6.45) is -2.02. The molecule has 0 saturated carbocycles. The van der Waals surface area contributed by atoms with E-state index in [4.69, 9.17) is 23.2 Å². The van der Waals surface area contributed by atoms with Gasteiger partial charge in [-0.3, -0.25) is 4.79 Å². The topological polar surface area (TPSA) is 29.1 Å². The smallest absolute Gasteiger partial charge is 0.321 e. The van der Waals surface area contributed by atoms with E-state index in [0.717, 1.165) is 18.2 Å². The zero-order valence-electron chi connectivity index (χ0n) is 11.5. The van der Waals surface area contributed by atoms with Gasteiger partial charge in [0.1, 0.15) is 0 Å². The molecule has 0 fully saturated rings. The van der Waals surface area contributed by atoms with Gasteiger partial charge >= 0.3 is 6.18 Å². The van der Waals surface area contributed by atoms with Crippen LogP contribution in [0.4, 0.5) is 18.9 Å². The molecule has 0 unspecified atom stereocenters. The van der Waals surface area contributed by atoms with E-state index in [1.54, 1.807) is 6.07 Å². The van der Waals surface area contributed by atoms with Crippen LogP contribution in [0.3, 0.4) is 0 Å². The van der Waals surface area contributed by atoms with Crippen molar-refractivity contribution in [2.75, 3.05) is 5.32 Å². The van der Waals surface area contributed by atoms with E-state index < -0.39 is 17.6 Å². The molecule has 1 N–H and O–H groups in total. The highest BCUT2D eigenvalue weighted by Gasteiger charge is 2.30. The Morgan fingerprint density at radius 3 is 2.48 bits per heavy atom. The Labute approximate surface area is 140 Å². The van der Waals surface area contributed by atoms with Crippen molar-refractivity contribution in [3.05, 3.63) is 69.7 Å². The third kappa shape index (κ3) is 5.01. The lowest BCUT2D eigenvalue weighted by atomic mass is 10.1. The van der Waals surface area contributed by atoms with E-state index in [2.05, 4.69) is 5.32 Å². The largest absolute Gasteiger partial charge is 0.416 e. The number of carbonyl (C=O) groups is 1. The molecule has 23 heavy (non-hydrogen) atoms. The zero-order chi connectivity index (χ0) is 17.0. The molecule has 0 aliphatic carbocycles. The summed E-state index contributed by atoms with van der Waals surface area (Å²) in [5, 5.41) is 3.20. The summed E-state index contributed by atoms with van der Waals surface area (Å²) in [4.78, 5) is 11.8. The van der Waals surface area contributed by atoms with Crippen LogP contribution < -0.4 is 5.32 Å². The number of halogens is 5. The van der Waals surface area contributed by atoms with E-state index in [0.29, 0.717) is 10.7 Å². The fourth-order valence-corrected chi connectivity index (χ4v) is 2.21. The molecule has 0 radical (unpaired) electrons. The van der Waals surface area contributed by atoms with Crippen LogP contribution in [0.5, 0.6) is 0 Å². The molecular formula is C16H10Cl2F3NO. The van der Waals surface area contributed by atoms with Crippen LogP contribution in [0.1, 0.15) is 11.1 Å². The Bertz CT molecular complexity index is 757. The molecule has 0 aromatic heterocycles. The minimum absolute atomic E-state index is 0.261. The molecule has 0 bridgehead atoms. The molecule has 0 aliphatic heterocycles. The van der Waals surface area contributed by atoms with E-state index in [1.165, 1.54) is 30.3 Å². The summed E-state index contributed by atoms with van der Waals surface area (Å²) >= 11 is 11.7. The fraction of sp³-hybridized carbons (Fsp3) is 0.0625. The van der Waals surface area contributed by atoms with Crippen molar-refractivity contribution in [3.63, 3.8) is 0 Å². The Morgan fingerprint density at radius 1 is 1.09 bits per heavy atom. The van der Waals surface area contributed by atoms with Crippen LogP contribution in [0, 0.1) is 0 Å². The highest BCUT2D eigenvalue weighted by Crippen LogP contribution is 2.30. The van der Waals surface area contributed by atoms with Gasteiger partial charge in [-0.1, -0.05) is 35.3 Å². The summed E-state index contributed by atoms with van der Waals surface area (Å²) in [5.74, 6) is -0.522. The van der Waals surface area contributed by atoms with E-state index in [1.807, 2.05) is 0 Å². The molecule has 0 aliphatic rings. The number of rotatable bonds is 3. The first kappa shape index (κ1) is 17.4. The summed E-state index contributed by atoms with van der Waals surface area (Å²) in [5.41, 5.74) is -0.159. The Kier molecular flexibility index (Phi) is 5.34. The highest BCUT2D eigenvalue weighted by atomic mass is 35.5. The molecule has 1 amide bonds. The number of hydrogen-bond acceptors (Lipinski definition) is 1.